The molecule has 0 amide bonds. The first kappa shape index (κ1) is 14.4. The number of nitrogens with two attached hydrogens (primary N) is 1. The minimum absolute atomic E-state index is 0.126. The molecule has 1 saturated carbocycles. The number of hydrogen-bond donors (Lipinski definition) is 1. The molecule has 0 bridgehead atoms. The van der Waals surface area contributed by atoms with E-state index < -0.39 is 0 Å². The molecule has 20 heavy (non-hydrogen) atoms. The largest absolute Gasteiger partial charge is 0.375 e. The van der Waals surface area contributed by atoms with Crippen LogP contribution in [0.25, 0.3) is 0 Å². The van der Waals surface area contributed by atoms with Gasteiger partial charge in [0.2, 0.25) is 0 Å². The van der Waals surface area contributed by atoms with E-state index >= 15 is 0 Å². The molecular formula is C16H22FNOS. The smallest absolute Gasteiger partial charge is 0.136 e. The van der Waals surface area contributed by atoms with Crippen molar-refractivity contribution in [1.82, 2.24) is 0 Å². The molecule has 2 N–H and O–H groups in total. The van der Waals surface area contributed by atoms with E-state index in [4.69, 9.17) is 10.5 Å². The Bertz CT molecular complexity index is 464. The Morgan fingerprint density at radius 1 is 1.40 bits per heavy atom. The normalized spacial score (nSPS) is 26.2. The first-order valence-electron chi connectivity index (χ1n) is 7.45. The van der Waals surface area contributed by atoms with Crippen LogP contribution < -0.4 is 5.73 Å². The maximum Gasteiger partial charge on any atom is 0.136 e. The zero-order valence-electron chi connectivity index (χ0n) is 11.7. The van der Waals surface area contributed by atoms with Gasteiger partial charge in [-0.1, -0.05) is 12.1 Å². The molecular weight excluding hydrogens is 273 g/mol. The molecule has 2 atom stereocenters. The Hall–Kier alpha value is -0.580. The number of ether oxygens (including phenoxy) is 1. The second-order valence-electron chi connectivity index (χ2n) is 6.04. The van der Waals surface area contributed by atoms with E-state index in [1.165, 1.54) is 37.1 Å². The molecule has 1 aliphatic heterocycles. The Morgan fingerprint density at radius 3 is 2.90 bits per heavy atom. The fourth-order valence-electron chi connectivity index (χ4n) is 3.23. The fourth-order valence-corrected chi connectivity index (χ4v) is 4.26. The molecule has 1 saturated heterocycles. The summed E-state index contributed by atoms with van der Waals surface area (Å²) in [7, 11) is 0. The van der Waals surface area contributed by atoms with Gasteiger partial charge < -0.3 is 10.5 Å². The van der Waals surface area contributed by atoms with E-state index in [2.05, 4.69) is 0 Å². The lowest BCUT2D eigenvalue weighted by atomic mass is 9.71. The van der Waals surface area contributed by atoms with Crippen LogP contribution in [-0.2, 0) is 4.74 Å². The molecule has 3 rings (SSSR count). The number of thioether (sulfide) groups is 1. The third-order valence-corrected chi connectivity index (χ3v) is 5.86. The van der Waals surface area contributed by atoms with E-state index in [0.29, 0.717) is 10.8 Å². The van der Waals surface area contributed by atoms with Crippen LogP contribution in [0, 0.1) is 11.7 Å². The Kier molecular flexibility index (Phi) is 4.34. The lowest BCUT2D eigenvalue weighted by Crippen LogP contribution is -2.49. The summed E-state index contributed by atoms with van der Waals surface area (Å²) in [5.74, 6) is 1.15. The second-order valence-corrected chi connectivity index (χ2v) is 7.11. The molecule has 1 spiro atoms. The SMILES string of the molecule is NC(CSc1ccccc1F)C1CCOC2(CCC2)C1. The van der Waals surface area contributed by atoms with Crippen molar-refractivity contribution in [3.63, 3.8) is 0 Å². The van der Waals surface area contributed by atoms with Gasteiger partial charge in [0.25, 0.3) is 0 Å². The predicted molar refractivity (Wildman–Crippen MR) is 80.4 cm³/mol. The van der Waals surface area contributed by atoms with Crippen molar-refractivity contribution in [3.8, 4) is 0 Å². The van der Waals surface area contributed by atoms with E-state index in [9.17, 15) is 4.39 Å². The molecule has 1 aromatic rings. The molecule has 2 fully saturated rings. The quantitative estimate of drug-likeness (QED) is 0.862. The van der Waals surface area contributed by atoms with Crippen molar-refractivity contribution in [2.45, 2.75) is 48.6 Å². The summed E-state index contributed by atoms with van der Waals surface area (Å²) >= 11 is 1.53. The summed E-state index contributed by atoms with van der Waals surface area (Å²) in [5.41, 5.74) is 6.49. The number of hydrogen-bond acceptors (Lipinski definition) is 3. The van der Waals surface area contributed by atoms with Crippen molar-refractivity contribution >= 4 is 11.8 Å². The van der Waals surface area contributed by atoms with Crippen LogP contribution in [0.2, 0.25) is 0 Å². The van der Waals surface area contributed by atoms with Crippen LogP contribution in [0.1, 0.15) is 32.1 Å². The Balaban J connectivity index is 1.54. The van der Waals surface area contributed by atoms with Gasteiger partial charge in [0, 0.05) is 23.3 Å². The summed E-state index contributed by atoms with van der Waals surface area (Å²) < 4.78 is 19.5. The first-order chi connectivity index (χ1) is 9.69. The van der Waals surface area contributed by atoms with E-state index in [-0.39, 0.29) is 17.5 Å². The van der Waals surface area contributed by atoms with E-state index in [1.807, 2.05) is 12.1 Å². The maximum absolute atomic E-state index is 13.6. The van der Waals surface area contributed by atoms with Crippen molar-refractivity contribution < 1.29 is 9.13 Å². The van der Waals surface area contributed by atoms with Gasteiger partial charge in [0.05, 0.1) is 5.60 Å². The van der Waals surface area contributed by atoms with Gasteiger partial charge in [-0.15, -0.1) is 11.8 Å². The summed E-state index contributed by atoms with van der Waals surface area (Å²) in [6.07, 6.45) is 5.80. The monoisotopic (exact) mass is 295 g/mol. The number of halogens is 1. The maximum atomic E-state index is 13.6. The Labute approximate surface area is 124 Å². The highest BCUT2D eigenvalue weighted by molar-refractivity contribution is 7.99. The highest BCUT2D eigenvalue weighted by atomic mass is 32.2. The minimum Gasteiger partial charge on any atom is -0.375 e. The highest BCUT2D eigenvalue weighted by Crippen LogP contribution is 2.45. The Morgan fingerprint density at radius 2 is 2.20 bits per heavy atom. The minimum atomic E-state index is -0.146. The lowest BCUT2D eigenvalue weighted by Gasteiger charge is -2.48. The number of benzene rings is 1. The molecule has 2 nitrogen and oxygen atoms in total. The molecule has 1 aliphatic carbocycles. The summed E-state index contributed by atoms with van der Waals surface area (Å²) in [5, 5.41) is 0. The van der Waals surface area contributed by atoms with Gasteiger partial charge in [-0.3, -0.25) is 0 Å². The van der Waals surface area contributed by atoms with Crippen molar-refractivity contribution in [2.24, 2.45) is 11.7 Å². The zero-order valence-corrected chi connectivity index (χ0v) is 12.5. The molecule has 110 valence electrons. The summed E-state index contributed by atoms with van der Waals surface area (Å²) in [6, 6.07) is 7.05. The van der Waals surface area contributed by atoms with Gasteiger partial charge in [-0.25, -0.2) is 4.39 Å². The average Bonchev–Trinajstić information content (AvgIpc) is 2.44. The van der Waals surface area contributed by atoms with Crippen LogP contribution in [0.3, 0.4) is 0 Å². The van der Waals surface area contributed by atoms with Gasteiger partial charge in [-0.05, 0) is 50.2 Å². The average molecular weight is 295 g/mol. The van der Waals surface area contributed by atoms with Gasteiger partial charge in [0.1, 0.15) is 5.82 Å². The molecule has 2 aliphatic rings. The van der Waals surface area contributed by atoms with E-state index in [0.717, 1.165) is 25.2 Å². The zero-order chi connectivity index (χ0) is 14.0. The van der Waals surface area contributed by atoms with Gasteiger partial charge in [-0.2, -0.15) is 0 Å². The van der Waals surface area contributed by atoms with Crippen LogP contribution in [0.15, 0.2) is 29.2 Å². The second kappa shape index (κ2) is 6.04. The molecule has 1 heterocycles. The van der Waals surface area contributed by atoms with Crippen molar-refractivity contribution in [3.05, 3.63) is 30.1 Å². The van der Waals surface area contributed by atoms with Crippen molar-refractivity contribution in [2.75, 3.05) is 12.4 Å². The molecule has 2 unspecified atom stereocenters. The van der Waals surface area contributed by atoms with Crippen molar-refractivity contribution in [1.29, 1.82) is 0 Å². The fraction of sp³-hybridized carbons (Fsp3) is 0.625. The van der Waals surface area contributed by atoms with Crippen LogP contribution in [0.4, 0.5) is 4.39 Å². The molecule has 4 heteroatoms. The standard InChI is InChI=1S/C16H22FNOS/c17-13-4-1-2-5-15(13)20-11-14(18)12-6-9-19-16(10-12)7-3-8-16/h1-2,4-5,12,14H,3,6-11,18H2. The molecule has 0 aromatic heterocycles. The van der Waals surface area contributed by atoms with Crippen LogP contribution in [-0.4, -0.2) is 24.0 Å². The first-order valence-corrected chi connectivity index (χ1v) is 8.44. The molecule has 1 aromatic carbocycles. The van der Waals surface area contributed by atoms with E-state index in [1.54, 1.807) is 6.07 Å². The lowest BCUT2D eigenvalue weighted by molar-refractivity contribution is -0.145. The molecule has 0 radical (unpaired) electrons. The third kappa shape index (κ3) is 3.02. The van der Waals surface area contributed by atoms with Crippen LogP contribution in [0.5, 0.6) is 0 Å². The summed E-state index contributed by atoms with van der Waals surface area (Å²) in [6.45, 7) is 0.836. The van der Waals surface area contributed by atoms with Gasteiger partial charge in [0.15, 0.2) is 0 Å². The predicted octanol–water partition coefficient (Wildman–Crippen LogP) is 3.59. The van der Waals surface area contributed by atoms with Crippen LogP contribution >= 0.6 is 11.8 Å². The number of rotatable bonds is 4. The third-order valence-electron chi connectivity index (χ3n) is 4.67. The topological polar surface area (TPSA) is 35.2 Å². The van der Waals surface area contributed by atoms with Gasteiger partial charge >= 0.3 is 0 Å². The highest BCUT2D eigenvalue weighted by Gasteiger charge is 2.43. The summed E-state index contributed by atoms with van der Waals surface area (Å²) in [4.78, 5) is 0.702.